The number of hydrogen-bond acceptors (Lipinski definition) is 3. The highest BCUT2D eigenvalue weighted by Gasteiger charge is 1.99. The van der Waals surface area contributed by atoms with Crippen molar-refractivity contribution in [2.24, 2.45) is 0 Å². The summed E-state index contributed by atoms with van der Waals surface area (Å²) in [6.45, 7) is 4.04. The zero-order valence-electron chi connectivity index (χ0n) is 9.84. The van der Waals surface area contributed by atoms with E-state index < -0.39 is 0 Å². The van der Waals surface area contributed by atoms with E-state index in [4.69, 9.17) is 5.73 Å². The first-order valence-electron chi connectivity index (χ1n) is 5.47. The second-order valence-corrected chi connectivity index (χ2v) is 3.86. The molecule has 0 bridgehead atoms. The molecule has 0 aliphatic carbocycles. The van der Waals surface area contributed by atoms with Crippen molar-refractivity contribution in [3.05, 3.63) is 54.9 Å². The van der Waals surface area contributed by atoms with Gasteiger partial charge in [-0.2, -0.15) is 5.10 Å². The molecule has 1 aromatic carbocycles. The summed E-state index contributed by atoms with van der Waals surface area (Å²) in [7, 11) is 0. The third-order valence-electron chi connectivity index (χ3n) is 2.40. The van der Waals surface area contributed by atoms with Gasteiger partial charge in [-0.1, -0.05) is 18.7 Å². The van der Waals surface area contributed by atoms with Gasteiger partial charge in [0.15, 0.2) is 0 Å². The molecule has 5 heteroatoms. The Morgan fingerprint density at radius 1 is 1.44 bits per heavy atom. The first-order chi connectivity index (χ1) is 8.67. The average Bonchev–Trinajstić information content (AvgIpc) is 2.77. The molecule has 1 heterocycles. The predicted octanol–water partition coefficient (Wildman–Crippen LogP) is 1.64. The second-order valence-electron chi connectivity index (χ2n) is 3.86. The highest BCUT2D eigenvalue weighted by molar-refractivity contribution is 5.98. The number of carbonyl (C=O) groups is 1. The Bertz CT molecular complexity index is 557. The van der Waals surface area contributed by atoms with Crippen molar-refractivity contribution in [1.29, 1.82) is 0 Å². The van der Waals surface area contributed by atoms with E-state index in [9.17, 15) is 4.79 Å². The van der Waals surface area contributed by atoms with Crippen LogP contribution in [0.15, 0.2) is 49.3 Å². The number of benzene rings is 1. The first kappa shape index (κ1) is 11.9. The van der Waals surface area contributed by atoms with Crippen molar-refractivity contribution < 1.29 is 4.79 Å². The van der Waals surface area contributed by atoms with Gasteiger partial charge in [-0.15, -0.1) is 0 Å². The Hall–Kier alpha value is -2.56. The van der Waals surface area contributed by atoms with E-state index in [2.05, 4.69) is 17.0 Å². The van der Waals surface area contributed by atoms with Gasteiger partial charge >= 0.3 is 0 Å². The van der Waals surface area contributed by atoms with Crippen molar-refractivity contribution in [1.82, 2.24) is 9.78 Å². The molecule has 92 valence electrons. The van der Waals surface area contributed by atoms with E-state index >= 15 is 0 Å². The van der Waals surface area contributed by atoms with E-state index in [0.717, 1.165) is 11.3 Å². The molecule has 0 radical (unpaired) electrons. The van der Waals surface area contributed by atoms with E-state index in [1.165, 1.54) is 6.08 Å². The number of carbonyl (C=O) groups excluding carboxylic acids is 1. The molecule has 2 rings (SSSR count). The molecule has 5 nitrogen and oxygen atoms in total. The largest absolute Gasteiger partial charge is 0.396 e. The van der Waals surface area contributed by atoms with Crippen LogP contribution in [0.25, 0.3) is 0 Å². The maximum atomic E-state index is 11.1. The molecule has 0 spiro atoms. The second kappa shape index (κ2) is 5.18. The summed E-state index contributed by atoms with van der Waals surface area (Å²) in [6.07, 6.45) is 4.62. The number of nitrogens with two attached hydrogens (primary N) is 1. The normalized spacial score (nSPS) is 10.0. The number of nitrogens with one attached hydrogen (secondary N) is 1. The third kappa shape index (κ3) is 2.98. The van der Waals surface area contributed by atoms with Gasteiger partial charge in [-0.05, 0) is 23.8 Å². The van der Waals surface area contributed by atoms with Gasteiger partial charge in [0.1, 0.15) is 0 Å². The van der Waals surface area contributed by atoms with Crippen LogP contribution in [0.5, 0.6) is 0 Å². The molecule has 0 aliphatic rings. The average molecular weight is 242 g/mol. The van der Waals surface area contributed by atoms with Crippen molar-refractivity contribution in [3.63, 3.8) is 0 Å². The summed E-state index contributed by atoms with van der Waals surface area (Å²) in [5.41, 5.74) is 8.05. The molecular weight excluding hydrogens is 228 g/mol. The Balaban J connectivity index is 2.03. The van der Waals surface area contributed by atoms with Crippen LogP contribution >= 0.6 is 0 Å². The predicted molar refractivity (Wildman–Crippen MR) is 71.0 cm³/mol. The molecular formula is C13H14N4O. The van der Waals surface area contributed by atoms with E-state index in [0.29, 0.717) is 12.2 Å². The summed E-state index contributed by atoms with van der Waals surface area (Å²) >= 11 is 0. The SMILES string of the molecule is C=CC(=O)Nc1ccc(Cn2cc(N)cn2)cc1. The van der Waals surface area contributed by atoms with Crippen LogP contribution in [-0.4, -0.2) is 15.7 Å². The zero-order valence-corrected chi connectivity index (χ0v) is 9.84. The molecule has 2 aromatic rings. The van der Waals surface area contributed by atoms with Crippen LogP contribution in [-0.2, 0) is 11.3 Å². The quantitative estimate of drug-likeness (QED) is 0.800. The molecule has 1 aromatic heterocycles. The fraction of sp³-hybridized carbons (Fsp3) is 0.0769. The number of hydrogen-bond donors (Lipinski definition) is 2. The summed E-state index contributed by atoms with van der Waals surface area (Å²) in [6, 6.07) is 7.53. The van der Waals surface area contributed by atoms with Crippen molar-refractivity contribution in [3.8, 4) is 0 Å². The van der Waals surface area contributed by atoms with Crippen LogP contribution in [0.4, 0.5) is 11.4 Å². The van der Waals surface area contributed by atoms with Gasteiger partial charge in [-0.25, -0.2) is 0 Å². The lowest BCUT2D eigenvalue weighted by atomic mass is 10.2. The summed E-state index contributed by atoms with van der Waals surface area (Å²) in [5, 5.41) is 6.79. The Kier molecular flexibility index (Phi) is 3.43. The highest BCUT2D eigenvalue weighted by atomic mass is 16.1. The number of nitrogens with zero attached hydrogens (tertiary/aromatic N) is 2. The Morgan fingerprint density at radius 3 is 2.72 bits per heavy atom. The summed E-state index contributed by atoms with van der Waals surface area (Å²) in [4.78, 5) is 11.1. The smallest absolute Gasteiger partial charge is 0.247 e. The van der Waals surface area contributed by atoms with E-state index in [1.54, 1.807) is 17.1 Å². The van der Waals surface area contributed by atoms with Crippen LogP contribution < -0.4 is 11.1 Å². The van der Waals surface area contributed by atoms with Crippen LogP contribution in [0.3, 0.4) is 0 Å². The topological polar surface area (TPSA) is 72.9 Å². The number of aromatic nitrogens is 2. The lowest BCUT2D eigenvalue weighted by Gasteiger charge is -2.05. The molecule has 0 unspecified atom stereocenters. The van der Waals surface area contributed by atoms with Gasteiger partial charge < -0.3 is 11.1 Å². The molecule has 0 saturated heterocycles. The third-order valence-corrected chi connectivity index (χ3v) is 2.40. The lowest BCUT2D eigenvalue weighted by Crippen LogP contribution is -2.07. The Labute approximate surface area is 105 Å². The van der Waals surface area contributed by atoms with E-state index in [-0.39, 0.29) is 5.91 Å². The molecule has 18 heavy (non-hydrogen) atoms. The number of amides is 1. The van der Waals surface area contributed by atoms with Gasteiger partial charge in [-0.3, -0.25) is 9.48 Å². The molecule has 0 atom stereocenters. The molecule has 0 aliphatic heterocycles. The van der Waals surface area contributed by atoms with Crippen molar-refractivity contribution >= 4 is 17.3 Å². The summed E-state index contributed by atoms with van der Waals surface area (Å²) < 4.78 is 1.76. The molecule has 3 N–H and O–H groups in total. The van der Waals surface area contributed by atoms with E-state index in [1.807, 2.05) is 24.3 Å². The maximum absolute atomic E-state index is 11.1. The van der Waals surface area contributed by atoms with Gasteiger partial charge in [0.25, 0.3) is 0 Å². The van der Waals surface area contributed by atoms with Crippen LogP contribution in [0.1, 0.15) is 5.56 Å². The van der Waals surface area contributed by atoms with Gasteiger partial charge in [0.05, 0.1) is 18.4 Å². The lowest BCUT2D eigenvalue weighted by molar-refractivity contribution is -0.111. The van der Waals surface area contributed by atoms with Crippen molar-refractivity contribution in [2.45, 2.75) is 6.54 Å². The number of nitrogen functional groups attached to an aromatic ring is 1. The van der Waals surface area contributed by atoms with Gasteiger partial charge in [0.2, 0.25) is 5.91 Å². The standard InChI is InChI=1S/C13H14N4O/c1-2-13(18)16-12-5-3-10(4-6-12)8-17-9-11(14)7-15-17/h2-7,9H,1,8,14H2,(H,16,18). The fourth-order valence-corrected chi connectivity index (χ4v) is 1.54. The van der Waals surface area contributed by atoms with Crippen LogP contribution in [0, 0.1) is 0 Å². The first-order valence-corrected chi connectivity index (χ1v) is 5.47. The fourth-order valence-electron chi connectivity index (χ4n) is 1.54. The Morgan fingerprint density at radius 2 is 2.17 bits per heavy atom. The minimum absolute atomic E-state index is 0.220. The highest BCUT2D eigenvalue weighted by Crippen LogP contribution is 2.11. The van der Waals surface area contributed by atoms with Crippen LogP contribution in [0.2, 0.25) is 0 Å². The minimum Gasteiger partial charge on any atom is -0.396 e. The monoisotopic (exact) mass is 242 g/mol. The molecule has 0 fully saturated rings. The van der Waals surface area contributed by atoms with Gasteiger partial charge in [0, 0.05) is 11.9 Å². The maximum Gasteiger partial charge on any atom is 0.247 e. The number of rotatable bonds is 4. The minimum atomic E-state index is -0.220. The molecule has 1 amide bonds. The number of anilines is 2. The molecule has 0 saturated carbocycles. The zero-order chi connectivity index (χ0) is 13.0. The summed E-state index contributed by atoms with van der Waals surface area (Å²) in [5.74, 6) is -0.220. The van der Waals surface area contributed by atoms with Crippen molar-refractivity contribution in [2.75, 3.05) is 11.1 Å².